The first-order chi connectivity index (χ1) is 8.77. The molecule has 2 amide bonds. The standard InChI is InChI=1S/C14H13NO3/c16-13-11-8-4-5-9-12(11)14(17)15(13)18-10-6-2-1-3-7-10/h2,4-6,8-10H,1,3,7H2/t10-/m1/s1. The van der Waals surface area contributed by atoms with Crippen LogP contribution >= 0.6 is 0 Å². The van der Waals surface area contributed by atoms with E-state index in [9.17, 15) is 9.59 Å². The number of carbonyl (C=O) groups excluding carboxylic acids is 2. The number of imide groups is 1. The molecule has 0 saturated heterocycles. The van der Waals surface area contributed by atoms with Crippen LogP contribution < -0.4 is 0 Å². The summed E-state index contributed by atoms with van der Waals surface area (Å²) in [5.74, 6) is -0.732. The van der Waals surface area contributed by atoms with Crippen LogP contribution in [0, 0.1) is 0 Å². The molecule has 1 aromatic carbocycles. The summed E-state index contributed by atoms with van der Waals surface area (Å²) in [4.78, 5) is 29.6. The van der Waals surface area contributed by atoms with Gasteiger partial charge in [0, 0.05) is 0 Å². The van der Waals surface area contributed by atoms with Gasteiger partial charge in [-0.1, -0.05) is 24.3 Å². The molecule has 1 atom stereocenters. The van der Waals surface area contributed by atoms with Crippen LogP contribution in [0.25, 0.3) is 0 Å². The number of hydrogen-bond donors (Lipinski definition) is 0. The van der Waals surface area contributed by atoms with Crippen LogP contribution in [-0.4, -0.2) is 23.0 Å². The minimum Gasteiger partial charge on any atom is -0.266 e. The van der Waals surface area contributed by atoms with E-state index in [1.165, 1.54) is 0 Å². The predicted molar refractivity (Wildman–Crippen MR) is 64.8 cm³/mol. The summed E-state index contributed by atoms with van der Waals surface area (Å²) in [6.07, 6.45) is 6.64. The molecule has 0 aromatic heterocycles. The van der Waals surface area contributed by atoms with Gasteiger partial charge in [0.2, 0.25) is 0 Å². The number of rotatable bonds is 2. The van der Waals surface area contributed by atoms with E-state index >= 15 is 0 Å². The number of carbonyl (C=O) groups is 2. The Kier molecular flexibility index (Phi) is 2.72. The van der Waals surface area contributed by atoms with Crippen LogP contribution in [0.5, 0.6) is 0 Å². The molecule has 0 spiro atoms. The van der Waals surface area contributed by atoms with Crippen molar-refractivity contribution in [3.63, 3.8) is 0 Å². The molecule has 0 N–H and O–H groups in total. The van der Waals surface area contributed by atoms with E-state index in [1.807, 2.05) is 12.2 Å². The molecular weight excluding hydrogens is 230 g/mol. The summed E-state index contributed by atoms with van der Waals surface area (Å²) in [5.41, 5.74) is 0.838. The quantitative estimate of drug-likeness (QED) is 0.591. The summed E-state index contributed by atoms with van der Waals surface area (Å²) in [6.45, 7) is 0. The number of hydrogen-bond acceptors (Lipinski definition) is 3. The molecule has 1 aliphatic heterocycles. The number of nitrogens with zero attached hydrogens (tertiary/aromatic N) is 1. The van der Waals surface area contributed by atoms with Crippen molar-refractivity contribution < 1.29 is 14.4 Å². The number of hydroxylamine groups is 2. The Morgan fingerprint density at radius 2 is 1.78 bits per heavy atom. The summed E-state index contributed by atoms with van der Waals surface area (Å²) in [6, 6.07) is 6.79. The number of allylic oxidation sites excluding steroid dienone is 1. The minimum absolute atomic E-state index is 0.180. The van der Waals surface area contributed by atoms with Crippen LogP contribution in [0.2, 0.25) is 0 Å². The molecule has 0 fully saturated rings. The SMILES string of the molecule is O=C1c2ccccc2C(=O)N1O[C@@H]1C=CCCC1. The molecular formula is C14H13NO3. The average molecular weight is 243 g/mol. The summed E-state index contributed by atoms with van der Waals surface area (Å²) in [5, 5.41) is 0.894. The molecule has 2 aliphatic rings. The van der Waals surface area contributed by atoms with E-state index in [-0.39, 0.29) is 17.9 Å². The zero-order valence-corrected chi connectivity index (χ0v) is 9.83. The van der Waals surface area contributed by atoms with Gasteiger partial charge in [0.05, 0.1) is 11.1 Å². The van der Waals surface area contributed by atoms with Gasteiger partial charge in [-0.2, -0.15) is 0 Å². The van der Waals surface area contributed by atoms with Crippen LogP contribution in [0.15, 0.2) is 36.4 Å². The Morgan fingerprint density at radius 3 is 2.33 bits per heavy atom. The van der Waals surface area contributed by atoms with Gasteiger partial charge in [-0.25, -0.2) is 0 Å². The third kappa shape index (κ3) is 1.75. The fourth-order valence-electron chi connectivity index (χ4n) is 2.27. The van der Waals surface area contributed by atoms with Crippen LogP contribution in [0.3, 0.4) is 0 Å². The Bertz CT molecular complexity index is 501. The zero-order valence-electron chi connectivity index (χ0n) is 9.83. The molecule has 3 rings (SSSR count). The number of benzene rings is 1. The fraction of sp³-hybridized carbons (Fsp3) is 0.286. The van der Waals surface area contributed by atoms with Crippen LogP contribution in [0.4, 0.5) is 0 Å². The second-order valence-electron chi connectivity index (χ2n) is 4.45. The molecule has 1 aliphatic carbocycles. The first-order valence-electron chi connectivity index (χ1n) is 6.08. The third-order valence-corrected chi connectivity index (χ3v) is 3.21. The first-order valence-corrected chi connectivity index (χ1v) is 6.08. The average Bonchev–Trinajstić information content (AvgIpc) is 2.66. The Labute approximate surface area is 105 Å². The Morgan fingerprint density at radius 1 is 1.11 bits per heavy atom. The summed E-state index contributed by atoms with van der Waals surface area (Å²) < 4.78 is 0. The second kappa shape index (κ2) is 4.38. The Hall–Kier alpha value is -1.94. The molecule has 4 heteroatoms. The van der Waals surface area contributed by atoms with Crippen molar-refractivity contribution in [1.29, 1.82) is 0 Å². The van der Waals surface area contributed by atoms with Gasteiger partial charge < -0.3 is 0 Å². The lowest BCUT2D eigenvalue weighted by Crippen LogP contribution is -2.34. The highest BCUT2D eigenvalue weighted by molar-refractivity contribution is 6.20. The van der Waals surface area contributed by atoms with Gasteiger partial charge in [0.1, 0.15) is 6.10 Å². The van der Waals surface area contributed by atoms with Crippen molar-refractivity contribution in [3.8, 4) is 0 Å². The summed E-state index contributed by atoms with van der Waals surface area (Å²) >= 11 is 0. The maximum Gasteiger partial charge on any atom is 0.285 e. The van der Waals surface area contributed by atoms with Gasteiger partial charge >= 0.3 is 0 Å². The van der Waals surface area contributed by atoms with E-state index in [0.717, 1.165) is 24.3 Å². The van der Waals surface area contributed by atoms with Gasteiger partial charge in [0.25, 0.3) is 11.8 Å². The molecule has 1 aromatic rings. The van der Waals surface area contributed by atoms with E-state index in [0.29, 0.717) is 11.1 Å². The molecule has 0 saturated carbocycles. The highest BCUT2D eigenvalue weighted by Crippen LogP contribution is 2.25. The van der Waals surface area contributed by atoms with Gasteiger partial charge in [-0.15, -0.1) is 5.06 Å². The summed E-state index contributed by atoms with van der Waals surface area (Å²) in [7, 11) is 0. The van der Waals surface area contributed by atoms with Crippen molar-refractivity contribution in [2.24, 2.45) is 0 Å². The molecule has 4 nitrogen and oxygen atoms in total. The monoisotopic (exact) mass is 243 g/mol. The van der Waals surface area contributed by atoms with Gasteiger partial charge in [-0.3, -0.25) is 14.4 Å². The highest BCUT2D eigenvalue weighted by atomic mass is 16.7. The van der Waals surface area contributed by atoms with Crippen molar-refractivity contribution in [2.75, 3.05) is 0 Å². The minimum atomic E-state index is -0.366. The second-order valence-corrected chi connectivity index (χ2v) is 4.45. The molecule has 0 bridgehead atoms. The van der Waals surface area contributed by atoms with Crippen molar-refractivity contribution in [1.82, 2.24) is 5.06 Å². The van der Waals surface area contributed by atoms with E-state index in [2.05, 4.69) is 0 Å². The largest absolute Gasteiger partial charge is 0.285 e. The first kappa shape index (κ1) is 11.2. The Balaban J connectivity index is 1.83. The fourth-order valence-corrected chi connectivity index (χ4v) is 2.27. The van der Waals surface area contributed by atoms with Gasteiger partial charge in [0.15, 0.2) is 0 Å². The molecule has 0 radical (unpaired) electrons. The van der Waals surface area contributed by atoms with Gasteiger partial charge in [-0.05, 0) is 31.4 Å². The maximum atomic E-state index is 12.0. The number of amides is 2. The molecule has 0 unspecified atom stereocenters. The van der Waals surface area contributed by atoms with Crippen molar-refractivity contribution in [3.05, 3.63) is 47.5 Å². The molecule has 18 heavy (non-hydrogen) atoms. The van der Waals surface area contributed by atoms with Crippen LogP contribution in [-0.2, 0) is 4.84 Å². The lowest BCUT2D eigenvalue weighted by Gasteiger charge is -2.21. The van der Waals surface area contributed by atoms with Crippen molar-refractivity contribution >= 4 is 11.8 Å². The topological polar surface area (TPSA) is 46.6 Å². The predicted octanol–water partition coefficient (Wildman–Crippen LogP) is 2.32. The number of fused-ring (bicyclic) bond motifs is 1. The van der Waals surface area contributed by atoms with E-state index in [1.54, 1.807) is 24.3 Å². The lowest BCUT2D eigenvalue weighted by atomic mass is 10.1. The van der Waals surface area contributed by atoms with E-state index in [4.69, 9.17) is 4.84 Å². The maximum absolute atomic E-state index is 12.0. The molecule has 92 valence electrons. The van der Waals surface area contributed by atoms with Crippen LogP contribution in [0.1, 0.15) is 40.0 Å². The highest BCUT2D eigenvalue weighted by Gasteiger charge is 2.37. The zero-order chi connectivity index (χ0) is 12.5. The normalized spacial score (nSPS) is 22.4. The lowest BCUT2D eigenvalue weighted by molar-refractivity contribution is -0.119. The smallest absolute Gasteiger partial charge is 0.266 e. The van der Waals surface area contributed by atoms with E-state index < -0.39 is 0 Å². The van der Waals surface area contributed by atoms with Crippen molar-refractivity contribution in [2.45, 2.75) is 25.4 Å². The molecule has 1 heterocycles. The third-order valence-electron chi connectivity index (χ3n) is 3.21.